The van der Waals surface area contributed by atoms with E-state index in [1.165, 1.54) is 65.3 Å². The van der Waals surface area contributed by atoms with Gasteiger partial charge in [-0.1, -0.05) is 72.8 Å². The van der Waals surface area contributed by atoms with Crippen molar-refractivity contribution in [2.75, 3.05) is 0 Å². The monoisotopic (exact) mass is 314 g/mol. The lowest BCUT2D eigenvalue weighted by atomic mass is 9.84. The first-order valence-electron chi connectivity index (χ1n) is 8.93. The minimum Gasteiger partial charge on any atom is -0.0619 e. The highest BCUT2D eigenvalue weighted by Crippen LogP contribution is 2.51. The summed E-state index contributed by atoms with van der Waals surface area (Å²) in [6.45, 7) is 0. The standard InChI is InChI=1S/C25H14/c1-2-4-19-18(3-1)13-20-21-14-5-7-15(8-6-14)22(21)23-16-9-11-17(12-10-16)24(23)25(19)20/h1-12H,13H2. The summed E-state index contributed by atoms with van der Waals surface area (Å²) in [4.78, 5) is 0. The molecule has 8 aromatic rings. The molecule has 1 aliphatic rings. The Balaban J connectivity index is 1.91. The van der Waals surface area contributed by atoms with Crippen LogP contribution >= 0.6 is 0 Å². The Morgan fingerprint density at radius 3 is 1.68 bits per heavy atom. The maximum atomic E-state index is 2.30. The molecule has 0 heteroatoms. The van der Waals surface area contributed by atoms with Gasteiger partial charge >= 0.3 is 0 Å². The van der Waals surface area contributed by atoms with Crippen molar-refractivity contribution < 1.29 is 0 Å². The average Bonchev–Trinajstić information content (AvgIpc) is 3.09. The normalized spacial score (nSPS) is 13.4. The van der Waals surface area contributed by atoms with Crippen LogP contribution in [0.3, 0.4) is 0 Å². The third-order valence-electron chi connectivity index (χ3n) is 6.18. The van der Waals surface area contributed by atoms with Crippen molar-refractivity contribution in [3.63, 3.8) is 0 Å². The minimum absolute atomic E-state index is 1.05. The van der Waals surface area contributed by atoms with Crippen molar-refractivity contribution in [1.82, 2.24) is 0 Å². The Kier molecular flexibility index (Phi) is 1.92. The van der Waals surface area contributed by atoms with Crippen molar-refractivity contribution in [2.45, 2.75) is 6.42 Å². The van der Waals surface area contributed by atoms with Crippen LogP contribution in [0.1, 0.15) is 11.1 Å². The first-order chi connectivity index (χ1) is 12.4. The van der Waals surface area contributed by atoms with Gasteiger partial charge < -0.3 is 0 Å². The van der Waals surface area contributed by atoms with E-state index in [2.05, 4.69) is 72.8 Å². The molecule has 0 aliphatic heterocycles. The second-order valence-electron chi connectivity index (χ2n) is 7.34. The molecule has 0 N–H and O–H groups in total. The molecule has 0 fully saturated rings. The van der Waals surface area contributed by atoms with E-state index in [0.29, 0.717) is 0 Å². The number of benzene rings is 8. The number of hydrogen-bond acceptors (Lipinski definition) is 0. The van der Waals surface area contributed by atoms with Gasteiger partial charge in [0, 0.05) is 0 Å². The van der Waals surface area contributed by atoms with Gasteiger partial charge in [0.1, 0.15) is 0 Å². The zero-order valence-corrected chi connectivity index (χ0v) is 13.6. The number of hydrogen-bond donors (Lipinski definition) is 0. The molecule has 0 atom stereocenters. The van der Waals surface area contributed by atoms with Crippen LogP contribution in [0.4, 0.5) is 0 Å². The van der Waals surface area contributed by atoms with Crippen LogP contribution in [0.15, 0.2) is 72.8 Å². The molecule has 0 amide bonds. The topological polar surface area (TPSA) is 0 Å². The van der Waals surface area contributed by atoms with Crippen molar-refractivity contribution in [2.24, 2.45) is 0 Å². The Labute approximate surface area is 145 Å². The van der Waals surface area contributed by atoms with E-state index in [-0.39, 0.29) is 0 Å². The molecule has 0 spiro atoms. The Morgan fingerprint density at radius 2 is 1.00 bits per heavy atom. The van der Waals surface area contributed by atoms with E-state index in [1.807, 2.05) is 0 Å². The summed E-state index contributed by atoms with van der Waals surface area (Å²) < 4.78 is 0. The zero-order chi connectivity index (χ0) is 16.1. The van der Waals surface area contributed by atoms with Crippen molar-refractivity contribution >= 4 is 43.1 Å². The lowest BCUT2D eigenvalue weighted by molar-refractivity contribution is 1.29. The summed E-state index contributed by atoms with van der Waals surface area (Å²) in [6, 6.07) is 27.2. The van der Waals surface area contributed by atoms with E-state index in [1.54, 1.807) is 0 Å². The maximum absolute atomic E-state index is 2.30. The predicted octanol–water partition coefficient (Wildman–Crippen LogP) is 6.75. The fourth-order valence-electron chi connectivity index (χ4n) is 5.18. The second-order valence-corrected chi connectivity index (χ2v) is 7.34. The van der Waals surface area contributed by atoms with Gasteiger partial charge in [0.15, 0.2) is 0 Å². The number of fused-ring (bicyclic) bond motifs is 7. The van der Waals surface area contributed by atoms with Gasteiger partial charge in [0.2, 0.25) is 0 Å². The Morgan fingerprint density at radius 1 is 0.480 bits per heavy atom. The molecule has 1 aliphatic carbocycles. The molecule has 0 nitrogen and oxygen atoms in total. The van der Waals surface area contributed by atoms with Crippen LogP contribution in [0.25, 0.3) is 54.2 Å². The van der Waals surface area contributed by atoms with Gasteiger partial charge in [0.25, 0.3) is 0 Å². The largest absolute Gasteiger partial charge is 0.0619 e. The summed E-state index contributed by atoms with van der Waals surface area (Å²) >= 11 is 0. The number of rotatable bonds is 0. The fraction of sp³-hybridized carbons (Fsp3) is 0.0400. The first kappa shape index (κ1) is 12.3. The molecule has 0 heterocycles. The van der Waals surface area contributed by atoms with Crippen LogP contribution in [-0.2, 0) is 6.42 Å². The van der Waals surface area contributed by atoms with Gasteiger partial charge in [-0.2, -0.15) is 0 Å². The van der Waals surface area contributed by atoms with Gasteiger partial charge in [0.05, 0.1) is 0 Å². The van der Waals surface area contributed by atoms with E-state index < -0.39 is 0 Å². The van der Waals surface area contributed by atoms with Crippen molar-refractivity contribution in [1.29, 1.82) is 0 Å². The van der Waals surface area contributed by atoms with Gasteiger partial charge in [-0.25, -0.2) is 0 Å². The molecule has 8 aromatic carbocycles. The molecular weight excluding hydrogens is 300 g/mol. The molecule has 114 valence electrons. The van der Waals surface area contributed by atoms with E-state index in [0.717, 1.165) is 6.42 Å². The van der Waals surface area contributed by atoms with E-state index in [9.17, 15) is 0 Å². The molecular formula is C25H14. The van der Waals surface area contributed by atoms with Crippen LogP contribution in [0, 0.1) is 0 Å². The SMILES string of the molecule is c1ccc2c(c1)Cc1c-2c2c3ccc(cc3)c2c2c3ccc(cc3)c12. The predicted molar refractivity (Wildman–Crippen MR) is 107 cm³/mol. The summed E-state index contributed by atoms with van der Waals surface area (Å²) in [5, 5.41) is 11.3. The molecule has 0 saturated carbocycles. The lowest BCUT2D eigenvalue weighted by Crippen LogP contribution is -1.93. The highest BCUT2D eigenvalue weighted by atomic mass is 14.3. The molecule has 0 aromatic heterocycles. The Hall–Kier alpha value is -3.12. The van der Waals surface area contributed by atoms with Crippen molar-refractivity contribution in [3.8, 4) is 11.1 Å². The third kappa shape index (κ3) is 1.29. The molecule has 9 rings (SSSR count). The summed E-state index contributed by atoms with van der Waals surface area (Å²) in [5.74, 6) is 0. The summed E-state index contributed by atoms with van der Waals surface area (Å²) in [7, 11) is 0. The highest BCUT2D eigenvalue weighted by Gasteiger charge is 2.26. The van der Waals surface area contributed by atoms with Crippen LogP contribution in [-0.4, -0.2) is 0 Å². The van der Waals surface area contributed by atoms with Crippen LogP contribution < -0.4 is 0 Å². The fourth-order valence-corrected chi connectivity index (χ4v) is 5.18. The van der Waals surface area contributed by atoms with E-state index >= 15 is 0 Å². The summed E-state index contributed by atoms with van der Waals surface area (Å²) in [6.07, 6.45) is 1.05. The van der Waals surface area contributed by atoms with Gasteiger partial charge in [-0.05, 0) is 71.8 Å². The average molecular weight is 314 g/mol. The highest BCUT2D eigenvalue weighted by molar-refractivity contribution is 6.34. The van der Waals surface area contributed by atoms with Gasteiger partial charge in [-0.3, -0.25) is 0 Å². The van der Waals surface area contributed by atoms with E-state index in [4.69, 9.17) is 0 Å². The summed E-state index contributed by atoms with van der Waals surface area (Å²) in [5.41, 5.74) is 5.90. The van der Waals surface area contributed by atoms with Crippen LogP contribution in [0.2, 0.25) is 0 Å². The quantitative estimate of drug-likeness (QED) is 0.272. The first-order valence-corrected chi connectivity index (χ1v) is 8.93. The lowest BCUT2D eigenvalue weighted by Gasteiger charge is -2.19. The minimum atomic E-state index is 1.05. The Bertz CT molecular complexity index is 1410. The second kappa shape index (κ2) is 3.92. The zero-order valence-electron chi connectivity index (χ0n) is 13.6. The van der Waals surface area contributed by atoms with Gasteiger partial charge in [-0.15, -0.1) is 0 Å². The molecule has 0 radical (unpaired) electrons. The van der Waals surface area contributed by atoms with Crippen LogP contribution in [0.5, 0.6) is 0 Å². The molecule has 0 saturated heterocycles. The van der Waals surface area contributed by atoms with Crippen molar-refractivity contribution in [3.05, 3.63) is 83.9 Å². The maximum Gasteiger partial charge on any atom is -0.000683 e. The molecule has 0 unspecified atom stereocenters. The smallest absolute Gasteiger partial charge is 0.000683 e. The molecule has 25 heavy (non-hydrogen) atoms. The third-order valence-corrected chi connectivity index (χ3v) is 6.18. The molecule has 4 bridgehead atoms.